The Morgan fingerprint density at radius 3 is 2.62 bits per heavy atom. The van der Waals surface area contributed by atoms with E-state index in [0.29, 0.717) is 16.0 Å². The Hall–Kier alpha value is -1.71. The molecule has 0 saturated carbocycles. The number of benzene rings is 2. The maximum atomic E-state index is 6.14. The number of aryl methyl sites for hydroxylation is 1. The molecule has 5 heteroatoms. The smallest absolute Gasteiger partial charge is 0.205 e. The van der Waals surface area contributed by atoms with Gasteiger partial charge in [-0.2, -0.15) is 0 Å². The zero-order valence-corrected chi connectivity index (χ0v) is 13.1. The summed E-state index contributed by atoms with van der Waals surface area (Å²) in [6, 6.07) is 11.7. The van der Waals surface area contributed by atoms with Crippen LogP contribution in [-0.2, 0) is 6.42 Å². The van der Waals surface area contributed by atoms with Crippen LogP contribution in [0.1, 0.15) is 18.9 Å². The van der Waals surface area contributed by atoms with Crippen LogP contribution in [0.3, 0.4) is 0 Å². The van der Waals surface area contributed by atoms with E-state index in [9.17, 15) is 0 Å². The summed E-state index contributed by atoms with van der Waals surface area (Å²) in [6.07, 6.45) is 2.05. The second-order valence-corrected chi connectivity index (χ2v) is 5.75. The van der Waals surface area contributed by atoms with Gasteiger partial charge in [-0.25, -0.2) is 4.98 Å². The van der Waals surface area contributed by atoms with Crippen LogP contribution in [0.25, 0.3) is 16.7 Å². The van der Waals surface area contributed by atoms with Gasteiger partial charge in [-0.3, -0.25) is 4.57 Å². The number of anilines is 1. The highest BCUT2D eigenvalue weighted by Gasteiger charge is 2.14. The van der Waals surface area contributed by atoms with E-state index in [-0.39, 0.29) is 0 Å². The predicted molar refractivity (Wildman–Crippen MR) is 89.5 cm³/mol. The molecule has 0 amide bonds. The second-order valence-electron chi connectivity index (χ2n) is 4.94. The minimum absolute atomic E-state index is 0.437. The third kappa shape index (κ3) is 2.47. The van der Waals surface area contributed by atoms with Gasteiger partial charge in [-0.1, -0.05) is 54.7 Å². The number of nitrogens with zero attached hydrogens (tertiary/aromatic N) is 2. The van der Waals surface area contributed by atoms with E-state index in [4.69, 9.17) is 28.9 Å². The number of aromatic nitrogens is 2. The largest absolute Gasteiger partial charge is 0.369 e. The molecule has 0 radical (unpaired) electrons. The third-order valence-electron chi connectivity index (χ3n) is 3.47. The molecule has 2 aromatic carbocycles. The van der Waals surface area contributed by atoms with Gasteiger partial charge in [0.05, 0.1) is 26.8 Å². The Bertz CT molecular complexity index is 809. The van der Waals surface area contributed by atoms with E-state index >= 15 is 0 Å². The summed E-state index contributed by atoms with van der Waals surface area (Å²) in [5.74, 6) is 0.437. The first-order valence-electron chi connectivity index (χ1n) is 6.83. The summed E-state index contributed by atoms with van der Waals surface area (Å²) < 4.78 is 1.93. The fourth-order valence-corrected chi connectivity index (χ4v) is 2.87. The lowest BCUT2D eigenvalue weighted by molar-refractivity contribution is 0.905. The molecule has 2 N–H and O–H groups in total. The maximum absolute atomic E-state index is 6.14. The maximum Gasteiger partial charge on any atom is 0.205 e. The van der Waals surface area contributed by atoms with Crippen molar-refractivity contribution in [1.29, 1.82) is 0 Å². The predicted octanol–water partition coefficient (Wildman–Crippen LogP) is 4.87. The highest BCUT2D eigenvalue weighted by atomic mass is 35.5. The number of para-hydroxylation sites is 1. The second kappa shape index (κ2) is 5.58. The van der Waals surface area contributed by atoms with Gasteiger partial charge in [0.2, 0.25) is 5.95 Å². The number of nitrogen functional groups attached to an aromatic ring is 1. The topological polar surface area (TPSA) is 43.8 Å². The lowest BCUT2D eigenvalue weighted by Crippen LogP contribution is -2.04. The number of rotatable bonds is 3. The summed E-state index contributed by atoms with van der Waals surface area (Å²) in [6.45, 7) is 2.16. The van der Waals surface area contributed by atoms with Crippen molar-refractivity contribution >= 4 is 40.2 Å². The van der Waals surface area contributed by atoms with Crippen LogP contribution in [0.5, 0.6) is 0 Å². The first kappa shape index (κ1) is 14.2. The molecule has 1 aromatic heterocycles. The summed E-state index contributed by atoms with van der Waals surface area (Å²) >= 11 is 12.2. The van der Waals surface area contributed by atoms with Crippen LogP contribution in [0, 0.1) is 0 Å². The molecule has 3 rings (SSSR count). The van der Waals surface area contributed by atoms with Crippen LogP contribution in [0.2, 0.25) is 10.0 Å². The van der Waals surface area contributed by atoms with Crippen molar-refractivity contribution in [3.63, 3.8) is 0 Å². The summed E-state index contributed by atoms with van der Waals surface area (Å²) in [5.41, 5.74) is 10.00. The molecule has 0 aliphatic heterocycles. The Balaban J connectivity index is 2.30. The van der Waals surface area contributed by atoms with Gasteiger partial charge in [0, 0.05) is 0 Å². The van der Waals surface area contributed by atoms with Crippen LogP contribution in [0.15, 0.2) is 36.4 Å². The molecule has 0 saturated heterocycles. The number of hydrogen-bond acceptors (Lipinski definition) is 2. The van der Waals surface area contributed by atoms with Crippen LogP contribution in [-0.4, -0.2) is 9.55 Å². The molecule has 0 spiro atoms. The number of hydrogen-bond donors (Lipinski definition) is 1. The van der Waals surface area contributed by atoms with Gasteiger partial charge in [-0.15, -0.1) is 0 Å². The van der Waals surface area contributed by atoms with Gasteiger partial charge < -0.3 is 5.73 Å². The molecule has 21 heavy (non-hydrogen) atoms. The average molecular weight is 320 g/mol. The minimum Gasteiger partial charge on any atom is -0.369 e. The summed E-state index contributed by atoms with van der Waals surface area (Å²) in [5, 5.41) is 0.981. The Morgan fingerprint density at radius 2 is 1.86 bits per heavy atom. The molecule has 108 valence electrons. The van der Waals surface area contributed by atoms with E-state index < -0.39 is 0 Å². The summed E-state index contributed by atoms with van der Waals surface area (Å²) in [4.78, 5) is 4.39. The Labute approximate surface area is 133 Å². The zero-order valence-electron chi connectivity index (χ0n) is 11.6. The fraction of sp³-hybridized carbons (Fsp3) is 0.188. The Kier molecular flexibility index (Phi) is 3.79. The molecule has 1 heterocycles. The molecule has 0 fully saturated rings. The SMILES string of the molecule is CCCc1ccccc1-n1c(N)nc2cc(Cl)c(Cl)cc21. The standard InChI is InChI=1S/C16H15Cl2N3/c1-2-5-10-6-3-4-7-14(10)21-15-9-12(18)11(17)8-13(15)20-16(21)19/h3-4,6-9H,2,5H2,1H3,(H2,19,20). The van der Waals surface area contributed by atoms with Gasteiger partial charge in [0.25, 0.3) is 0 Å². The molecule has 3 aromatic rings. The van der Waals surface area contributed by atoms with Crippen molar-refractivity contribution in [2.75, 3.05) is 5.73 Å². The fourth-order valence-electron chi connectivity index (χ4n) is 2.55. The van der Waals surface area contributed by atoms with Crippen molar-refractivity contribution in [3.8, 4) is 5.69 Å². The highest BCUT2D eigenvalue weighted by molar-refractivity contribution is 6.42. The van der Waals surface area contributed by atoms with Gasteiger partial charge in [0.1, 0.15) is 0 Å². The van der Waals surface area contributed by atoms with Crippen molar-refractivity contribution in [1.82, 2.24) is 9.55 Å². The monoisotopic (exact) mass is 319 g/mol. The van der Waals surface area contributed by atoms with Crippen molar-refractivity contribution < 1.29 is 0 Å². The molecule has 3 nitrogen and oxygen atoms in total. The van der Waals surface area contributed by atoms with Crippen molar-refractivity contribution in [2.45, 2.75) is 19.8 Å². The number of nitrogens with two attached hydrogens (primary N) is 1. The lowest BCUT2D eigenvalue weighted by atomic mass is 10.1. The normalized spacial score (nSPS) is 11.2. The van der Waals surface area contributed by atoms with Crippen LogP contribution >= 0.6 is 23.2 Å². The van der Waals surface area contributed by atoms with Crippen molar-refractivity contribution in [2.24, 2.45) is 0 Å². The number of fused-ring (bicyclic) bond motifs is 1. The van der Waals surface area contributed by atoms with Crippen LogP contribution < -0.4 is 5.73 Å². The van der Waals surface area contributed by atoms with Crippen LogP contribution in [0.4, 0.5) is 5.95 Å². The highest BCUT2D eigenvalue weighted by Crippen LogP contribution is 2.32. The van der Waals surface area contributed by atoms with E-state index in [0.717, 1.165) is 29.6 Å². The third-order valence-corrected chi connectivity index (χ3v) is 4.20. The van der Waals surface area contributed by atoms with Gasteiger partial charge >= 0.3 is 0 Å². The lowest BCUT2D eigenvalue weighted by Gasteiger charge is -2.12. The van der Waals surface area contributed by atoms with Gasteiger partial charge in [-0.05, 0) is 30.2 Å². The Morgan fingerprint density at radius 1 is 1.14 bits per heavy atom. The first-order chi connectivity index (χ1) is 10.1. The molecule has 0 atom stereocenters. The minimum atomic E-state index is 0.437. The summed E-state index contributed by atoms with van der Waals surface area (Å²) in [7, 11) is 0. The molecular weight excluding hydrogens is 305 g/mol. The van der Waals surface area contributed by atoms with Gasteiger partial charge in [0.15, 0.2) is 0 Å². The quantitative estimate of drug-likeness (QED) is 0.748. The molecule has 0 bridgehead atoms. The molecular formula is C16H15Cl2N3. The number of imidazole rings is 1. The first-order valence-corrected chi connectivity index (χ1v) is 7.58. The number of halogens is 2. The van der Waals surface area contributed by atoms with E-state index in [1.165, 1.54) is 5.56 Å². The average Bonchev–Trinajstić information content (AvgIpc) is 2.76. The zero-order chi connectivity index (χ0) is 15.0. The molecule has 0 aliphatic carbocycles. The van der Waals surface area contributed by atoms with E-state index in [1.807, 2.05) is 28.8 Å². The van der Waals surface area contributed by atoms with E-state index in [2.05, 4.69) is 18.0 Å². The van der Waals surface area contributed by atoms with E-state index in [1.54, 1.807) is 6.07 Å². The molecule has 0 unspecified atom stereocenters. The van der Waals surface area contributed by atoms with Crippen molar-refractivity contribution in [3.05, 3.63) is 52.0 Å². The molecule has 0 aliphatic rings.